The summed E-state index contributed by atoms with van der Waals surface area (Å²) in [7, 11) is 0. The monoisotopic (exact) mass is 202 g/mol. The van der Waals surface area contributed by atoms with E-state index in [1.165, 1.54) is 0 Å². The molecular formula is C9H18N2O3. The predicted octanol–water partition coefficient (Wildman–Crippen LogP) is -0.615. The molecule has 14 heavy (non-hydrogen) atoms. The summed E-state index contributed by atoms with van der Waals surface area (Å²) in [5.74, 6) is -0.537. The van der Waals surface area contributed by atoms with Crippen LogP contribution in [0.25, 0.3) is 0 Å². The van der Waals surface area contributed by atoms with E-state index in [2.05, 4.69) is 0 Å². The normalized spacial score (nSPS) is 23.0. The highest BCUT2D eigenvalue weighted by molar-refractivity contribution is 5.83. The molecule has 0 aromatic rings. The lowest BCUT2D eigenvalue weighted by Gasteiger charge is -2.27. The van der Waals surface area contributed by atoms with Crippen LogP contribution in [0.3, 0.4) is 0 Å². The average molecular weight is 202 g/mol. The molecule has 1 rings (SSSR count). The molecule has 1 saturated heterocycles. The van der Waals surface area contributed by atoms with Crippen LogP contribution < -0.4 is 11.5 Å². The van der Waals surface area contributed by atoms with Gasteiger partial charge < -0.3 is 20.9 Å². The Morgan fingerprint density at radius 3 is 2.64 bits per heavy atom. The maximum atomic E-state index is 10.9. The van der Waals surface area contributed by atoms with Crippen LogP contribution in [0.5, 0.6) is 0 Å². The average Bonchev–Trinajstić information content (AvgIpc) is 2.16. The van der Waals surface area contributed by atoms with Crippen LogP contribution in [0.15, 0.2) is 0 Å². The third-order valence-electron chi connectivity index (χ3n) is 2.35. The lowest BCUT2D eigenvalue weighted by molar-refractivity contribution is -0.126. The van der Waals surface area contributed by atoms with E-state index in [4.69, 9.17) is 20.9 Å². The number of amides is 1. The Morgan fingerprint density at radius 2 is 2.14 bits per heavy atom. The van der Waals surface area contributed by atoms with E-state index in [1.807, 2.05) is 0 Å². The summed E-state index contributed by atoms with van der Waals surface area (Å²) in [6, 6.07) is 0. The molecule has 1 amide bonds. The van der Waals surface area contributed by atoms with E-state index >= 15 is 0 Å². The predicted molar refractivity (Wildman–Crippen MR) is 51.6 cm³/mol. The lowest BCUT2D eigenvalue weighted by atomic mass is 10.0. The minimum atomic E-state index is -1.07. The Bertz CT molecular complexity index is 200. The van der Waals surface area contributed by atoms with Gasteiger partial charge in [-0.1, -0.05) is 0 Å². The summed E-state index contributed by atoms with van der Waals surface area (Å²) < 4.78 is 10.7. The lowest BCUT2D eigenvalue weighted by Crippen LogP contribution is -2.53. The van der Waals surface area contributed by atoms with Crippen LogP contribution in [0.4, 0.5) is 0 Å². The van der Waals surface area contributed by atoms with Crippen molar-refractivity contribution in [3.05, 3.63) is 0 Å². The molecule has 0 bridgehead atoms. The second kappa shape index (κ2) is 4.72. The van der Waals surface area contributed by atoms with Gasteiger partial charge in [-0.15, -0.1) is 0 Å². The fourth-order valence-corrected chi connectivity index (χ4v) is 1.20. The number of ether oxygens (including phenoxy) is 2. The van der Waals surface area contributed by atoms with Gasteiger partial charge in [0, 0.05) is 13.2 Å². The molecule has 1 fully saturated rings. The summed E-state index contributed by atoms with van der Waals surface area (Å²) in [4.78, 5) is 10.9. The summed E-state index contributed by atoms with van der Waals surface area (Å²) in [5.41, 5.74) is 9.69. The highest BCUT2D eigenvalue weighted by Crippen LogP contribution is 2.12. The topological polar surface area (TPSA) is 87.6 Å². The zero-order chi connectivity index (χ0) is 10.6. The number of rotatable bonds is 4. The third kappa shape index (κ3) is 3.25. The van der Waals surface area contributed by atoms with Gasteiger partial charge in [0.05, 0.1) is 12.7 Å². The molecule has 5 nitrogen and oxygen atoms in total. The molecule has 0 saturated carbocycles. The first kappa shape index (κ1) is 11.4. The molecule has 0 aromatic heterocycles. The Labute approximate surface area is 83.7 Å². The molecule has 82 valence electrons. The fraction of sp³-hybridized carbons (Fsp3) is 0.889. The van der Waals surface area contributed by atoms with E-state index in [1.54, 1.807) is 6.92 Å². The molecule has 0 aromatic carbocycles. The quantitative estimate of drug-likeness (QED) is 0.636. The van der Waals surface area contributed by atoms with Gasteiger partial charge in [-0.3, -0.25) is 4.79 Å². The second-order valence-electron chi connectivity index (χ2n) is 3.90. The molecule has 4 N–H and O–H groups in total. The zero-order valence-electron chi connectivity index (χ0n) is 8.49. The Hall–Kier alpha value is -0.650. The Balaban J connectivity index is 2.28. The number of carbonyl (C=O) groups is 1. The van der Waals surface area contributed by atoms with Gasteiger partial charge in [0.25, 0.3) is 0 Å². The standard InChI is InChI=1S/C9H18N2O3/c1-9(11,8(10)12)6-14-7-2-4-13-5-3-7/h7H,2-6,11H2,1H3,(H2,10,12). The first-order chi connectivity index (χ1) is 6.52. The molecule has 1 atom stereocenters. The fourth-order valence-electron chi connectivity index (χ4n) is 1.20. The molecule has 1 aliphatic heterocycles. The summed E-state index contributed by atoms with van der Waals surface area (Å²) in [5, 5.41) is 0. The van der Waals surface area contributed by atoms with Crippen LogP contribution >= 0.6 is 0 Å². The van der Waals surface area contributed by atoms with Gasteiger partial charge in [-0.25, -0.2) is 0 Å². The van der Waals surface area contributed by atoms with Crippen LogP contribution in [0.1, 0.15) is 19.8 Å². The van der Waals surface area contributed by atoms with Gasteiger partial charge >= 0.3 is 0 Å². The minimum Gasteiger partial charge on any atom is -0.381 e. The van der Waals surface area contributed by atoms with Crippen molar-refractivity contribution in [1.82, 2.24) is 0 Å². The van der Waals surface area contributed by atoms with E-state index < -0.39 is 11.4 Å². The number of hydrogen-bond acceptors (Lipinski definition) is 4. The van der Waals surface area contributed by atoms with Crippen LogP contribution in [0.2, 0.25) is 0 Å². The van der Waals surface area contributed by atoms with Crippen molar-refractivity contribution in [2.24, 2.45) is 11.5 Å². The van der Waals surface area contributed by atoms with Gasteiger partial charge in [0.2, 0.25) is 5.91 Å². The summed E-state index contributed by atoms with van der Waals surface area (Å²) in [6.07, 6.45) is 1.86. The first-order valence-corrected chi connectivity index (χ1v) is 4.80. The number of primary amides is 1. The molecule has 0 radical (unpaired) electrons. The maximum Gasteiger partial charge on any atom is 0.239 e. The van der Waals surface area contributed by atoms with Crippen molar-refractivity contribution >= 4 is 5.91 Å². The van der Waals surface area contributed by atoms with Crippen molar-refractivity contribution < 1.29 is 14.3 Å². The highest BCUT2D eigenvalue weighted by Gasteiger charge is 2.27. The molecular weight excluding hydrogens is 184 g/mol. The number of hydrogen-bond donors (Lipinski definition) is 2. The largest absolute Gasteiger partial charge is 0.381 e. The van der Waals surface area contributed by atoms with E-state index in [0.717, 1.165) is 12.8 Å². The third-order valence-corrected chi connectivity index (χ3v) is 2.35. The number of carbonyl (C=O) groups excluding carboxylic acids is 1. The van der Waals surface area contributed by atoms with E-state index in [9.17, 15) is 4.79 Å². The van der Waals surface area contributed by atoms with Crippen LogP contribution in [-0.4, -0.2) is 37.4 Å². The SMILES string of the molecule is CC(N)(COC1CCOCC1)C(N)=O. The zero-order valence-corrected chi connectivity index (χ0v) is 8.49. The Kier molecular flexibility index (Phi) is 3.86. The molecule has 1 unspecified atom stereocenters. The van der Waals surface area contributed by atoms with Gasteiger partial charge in [-0.2, -0.15) is 0 Å². The number of nitrogens with two attached hydrogens (primary N) is 2. The van der Waals surface area contributed by atoms with Crippen molar-refractivity contribution in [2.75, 3.05) is 19.8 Å². The van der Waals surface area contributed by atoms with E-state index in [0.29, 0.717) is 13.2 Å². The maximum absolute atomic E-state index is 10.9. The summed E-state index contributed by atoms with van der Waals surface area (Å²) in [6.45, 7) is 3.17. The van der Waals surface area contributed by atoms with E-state index in [-0.39, 0.29) is 12.7 Å². The van der Waals surface area contributed by atoms with Crippen LogP contribution in [-0.2, 0) is 14.3 Å². The van der Waals surface area contributed by atoms with Gasteiger partial charge in [-0.05, 0) is 19.8 Å². The van der Waals surface area contributed by atoms with Crippen molar-refractivity contribution in [3.8, 4) is 0 Å². The molecule has 1 heterocycles. The van der Waals surface area contributed by atoms with Gasteiger partial charge in [0.1, 0.15) is 5.54 Å². The highest BCUT2D eigenvalue weighted by atomic mass is 16.5. The minimum absolute atomic E-state index is 0.144. The molecule has 0 spiro atoms. The van der Waals surface area contributed by atoms with Crippen molar-refractivity contribution in [3.63, 3.8) is 0 Å². The van der Waals surface area contributed by atoms with Crippen molar-refractivity contribution in [2.45, 2.75) is 31.4 Å². The smallest absolute Gasteiger partial charge is 0.239 e. The summed E-state index contributed by atoms with van der Waals surface area (Å²) >= 11 is 0. The first-order valence-electron chi connectivity index (χ1n) is 4.80. The molecule has 0 aliphatic carbocycles. The van der Waals surface area contributed by atoms with Crippen molar-refractivity contribution in [1.29, 1.82) is 0 Å². The molecule has 5 heteroatoms. The van der Waals surface area contributed by atoms with Crippen LogP contribution in [0, 0.1) is 0 Å². The second-order valence-corrected chi connectivity index (χ2v) is 3.90. The van der Waals surface area contributed by atoms with Gasteiger partial charge in [0.15, 0.2) is 0 Å². The Morgan fingerprint density at radius 1 is 1.57 bits per heavy atom. The molecule has 1 aliphatic rings.